The summed E-state index contributed by atoms with van der Waals surface area (Å²) >= 11 is 0. The number of aromatic nitrogens is 3. The molecular formula is C10H19N9O. The van der Waals surface area contributed by atoms with Gasteiger partial charge in [0.05, 0.1) is 0 Å². The van der Waals surface area contributed by atoms with Gasteiger partial charge in [-0.25, -0.2) is 10.6 Å². The third-order valence-electron chi connectivity index (χ3n) is 2.85. The van der Waals surface area contributed by atoms with Gasteiger partial charge in [-0.1, -0.05) is 0 Å². The number of nitrogen functional groups attached to an aromatic ring is 1. The Morgan fingerprint density at radius 3 is 2.50 bits per heavy atom. The zero-order valence-corrected chi connectivity index (χ0v) is 11.1. The highest BCUT2D eigenvalue weighted by atomic mass is 16.2. The molecule has 1 aromatic heterocycles. The second-order valence-corrected chi connectivity index (χ2v) is 4.34. The van der Waals surface area contributed by atoms with Crippen molar-refractivity contribution in [1.82, 2.24) is 20.3 Å². The topological polar surface area (TPSA) is 147 Å². The number of hydrazine groups is 1. The van der Waals surface area contributed by atoms with Crippen LogP contribution in [-0.2, 0) is 0 Å². The molecule has 2 rings (SSSR count). The summed E-state index contributed by atoms with van der Waals surface area (Å²) in [6.07, 6.45) is 2.25. The third-order valence-corrected chi connectivity index (χ3v) is 2.85. The summed E-state index contributed by atoms with van der Waals surface area (Å²) in [4.78, 5) is 25.3. The number of carbonyl (C=O) groups is 1. The van der Waals surface area contributed by atoms with Crippen LogP contribution in [0.4, 0.5) is 22.6 Å². The third kappa shape index (κ3) is 3.82. The molecule has 2 heterocycles. The van der Waals surface area contributed by atoms with Gasteiger partial charge in [0.15, 0.2) is 0 Å². The van der Waals surface area contributed by atoms with Crippen molar-refractivity contribution in [1.29, 1.82) is 0 Å². The molecule has 0 spiro atoms. The summed E-state index contributed by atoms with van der Waals surface area (Å²) in [5.74, 6) is 6.65. The molecule has 0 atom stereocenters. The van der Waals surface area contributed by atoms with Gasteiger partial charge in [0.1, 0.15) is 0 Å². The van der Waals surface area contributed by atoms with E-state index in [9.17, 15) is 4.79 Å². The van der Waals surface area contributed by atoms with Gasteiger partial charge in [0, 0.05) is 26.2 Å². The first-order chi connectivity index (χ1) is 9.69. The van der Waals surface area contributed by atoms with E-state index >= 15 is 0 Å². The number of nitrogens with two attached hydrogens (primary N) is 2. The lowest BCUT2D eigenvalue weighted by Crippen LogP contribution is -2.33. The van der Waals surface area contributed by atoms with Crippen molar-refractivity contribution in [2.24, 2.45) is 11.6 Å². The minimum Gasteiger partial charge on any atom is -0.352 e. The number of amides is 2. The number of hydrogen-bond donors (Lipinski definition) is 5. The van der Waals surface area contributed by atoms with Gasteiger partial charge < -0.3 is 21.3 Å². The normalized spacial score (nSPS) is 14.2. The molecule has 0 radical (unpaired) electrons. The summed E-state index contributed by atoms with van der Waals surface area (Å²) in [5.41, 5.74) is 7.39. The van der Waals surface area contributed by atoms with Crippen molar-refractivity contribution in [3.8, 4) is 0 Å². The van der Waals surface area contributed by atoms with E-state index in [0.717, 1.165) is 25.9 Å². The highest BCUT2D eigenvalue weighted by Gasteiger charge is 2.17. The van der Waals surface area contributed by atoms with Crippen LogP contribution < -0.4 is 32.5 Å². The Morgan fingerprint density at radius 1 is 1.15 bits per heavy atom. The Morgan fingerprint density at radius 2 is 1.85 bits per heavy atom. The number of primary amides is 1. The van der Waals surface area contributed by atoms with Gasteiger partial charge in [-0.15, -0.1) is 0 Å². The van der Waals surface area contributed by atoms with E-state index in [1.807, 2.05) is 0 Å². The molecule has 0 bridgehead atoms. The molecule has 0 saturated carbocycles. The highest BCUT2D eigenvalue weighted by Crippen LogP contribution is 2.17. The van der Waals surface area contributed by atoms with E-state index in [0.29, 0.717) is 30.9 Å². The van der Waals surface area contributed by atoms with E-state index in [2.05, 4.69) is 35.9 Å². The highest BCUT2D eigenvalue weighted by molar-refractivity contribution is 5.71. The van der Waals surface area contributed by atoms with E-state index in [4.69, 9.17) is 11.6 Å². The molecule has 1 fully saturated rings. The molecule has 1 saturated heterocycles. The van der Waals surface area contributed by atoms with Crippen LogP contribution in [0.1, 0.15) is 12.8 Å². The standard InChI is InChI=1S/C10H19N9O/c11-7(20)13-3-4-14-8-15-9(18-12)17-10(16-8)19-5-1-2-6-19/h1-6,12H2,(H3,11,13,20)(H2,14,15,16,17,18). The maximum Gasteiger partial charge on any atom is 0.312 e. The summed E-state index contributed by atoms with van der Waals surface area (Å²) in [7, 11) is 0. The van der Waals surface area contributed by atoms with Crippen LogP contribution >= 0.6 is 0 Å². The Kier molecular flexibility index (Phi) is 4.71. The molecule has 0 unspecified atom stereocenters. The molecule has 10 heteroatoms. The number of carbonyl (C=O) groups excluding carboxylic acids is 1. The summed E-state index contributed by atoms with van der Waals surface area (Å²) in [6.45, 7) is 2.69. The van der Waals surface area contributed by atoms with Crippen molar-refractivity contribution >= 4 is 23.9 Å². The van der Waals surface area contributed by atoms with Crippen molar-refractivity contribution in [2.45, 2.75) is 12.8 Å². The van der Waals surface area contributed by atoms with Gasteiger partial charge in [0.25, 0.3) is 0 Å². The van der Waals surface area contributed by atoms with Gasteiger partial charge in [-0.2, -0.15) is 15.0 Å². The van der Waals surface area contributed by atoms with E-state index in [1.165, 1.54) is 0 Å². The number of urea groups is 1. The molecule has 110 valence electrons. The van der Waals surface area contributed by atoms with Crippen LogP contribution in [-0.4, -0.2) is 47.2 Å². The van der Waals surface area contributed by atoms with E-state index in [1.54, 1.807) is 0 Å². The number of nitrogens with one attached hydrogen (secondary N) is 3. The summed E-state index contributed by atoms with van der Waals surface area (Å²) in [5, 5.41) is 5.45. The van der Waals surface area contributed by atoms with Crippen LogP contribution in [0, 0.1) is 0 Å². The molecule has 0 aromatic carbocycles. The Bertz CT molecular complexity index is 460. The van der Waals surface area contributed by atoms with Crippen molar-refractivity contribution < 1.29 is 4.79 Å². The molecule has 0 aliphatic carbocycles. The molecule has 1 aliphatic rings. The van der Waals surface area contributed by atoms with Crippen LogP contribution in [0.3, 0.4) is 0 Å². The number of nitrogens with zero attached hydrogens (tertiary/aromatic N) is 4. The first kappa shape index (κ1) is 14.1. The maximum absolute atomic E-state index is 10.5. The molecule has 20 heavy (non-hydrogen) atoms. The fourth-order valence-electron chi connectivity index (χ4n) is 1.93. The van der Waals surface area contributed by atoms with Gasteiger partial charge >= 0.3 is 6.03 Å². The van der Waals surface area contributed by atoms with Gasteiger partial charge in [-0.05, 0) is 12.8 Å². The largest absolute Gasteiger partial charge is 0.352 e. The molecule has 2 amide bonds. The van der Waals surface area contributed by atoms with Crippen molar-refractivity contribution in [3.63, 3.8) is 0 Å². The number of anilines is 3. The molecule has 7 N–H and O–H groups in total. The average Bonchev–Trinajstić information content (AvgIpc) is 2.97. The monoisotopic (exact) mass is 281 g/mol. The maximum atomic E-state index is 10.5. The van der Waals surface area contributed by atoms with E-state index in [-0.39, 0.29) is 0 Å². The van der Waals surface area contributed by atoms with Crippen LogP contribution in [0.15, 0.2) is 0 Å². The molecule has 1 aliphatic heterocycles. The lowest BCUT2D eigenvalue weighted by atomic mass is 10.4. The number of hydrogen-bond acceptors (Lipinski definition) is 8. The quantitative estimate of drug-likeness (QED) is 0.249. The Labute approximate surface area is 116 Å². The predicted molar refractivity (Wildman–Crippen MR) is 75.2 cm³/mol. The summed E-state index contributed by atoms with van der Waals surface area (Å²) < 4.78 is 0. The van der Waals surface area contributed by atoms with Crippen molar-refractivity contribution in [3.05, 3.63) is 0 Å². The van der Waals surface area contributed by atoms with Crippen LogP contribution in [0.5, 0.6) is 0 Å². The zero-order valence-electron chi connectivity index (χ0n) is 11.1. The fraction of sp³-hybridized carbons (Fsp3) is 0.600. The second-order valence-electron chi connectivity index (χ2n) is 4.34. The minimum absolute atomic E-state index is 0.298. The molecule has 10 nitrogen and oxygen atoms in total. The van der Waals surface area contributed by atoms with Crippen LogP contribution in [0.2, 0.25) is 0 Å². The van der Waals surface area contributed by atoms with Crippen LogP contribution in [0.25, 0.3) is 0 Å². The second kappa shape index (κ2) is 6.70. The smallest absolute Gasteiger partial charge is 0.312 e. The Balaban J connectivity index is 1.99. The van der Waals surface area contributed by atoms with Gasteiger partial charge in [-0.3, -0.25) is 5.43 Å². The number of rotatable bonds is 6. The summed E-state index contributed by atoms with van der Waals surface area (Å²) in [6, 6.07) is -0.565. The van der Waals surface area contributed by atoms with Crippen molar-refractivity contribution in [2.75, 3.05) is 41.8 Å². The Hall–Kier alpha value is -2.36. The first-order valence-electron chi connectivity index (χ1n) is 6.44. The first-order valence-corrected chi connectivity index (χ1v) is 6.44. The molecule has 1 aromatic rings. The lowest BCUT2D eigenvalue weighted by molar-refractivity contribution is 0.249. The molecular weight excluding hydrogens is 262 g/mol. The SMILES string of the molecule is NNc1nc(NCCNC(N)=O)nc(N2CCCC2)n1. The average molecular weight is 281 g/mol. The minimum atomic E-state index is -0.565. The van der Waals surface area contributed by atoms with E-state index < -0.39 is 6.03 Å². The lowest BCUT2D eigenvalue weighted by Gasteiger charge is -2.16. The zero-order chi connectivity index (χ0) is 14.4. The predicted octanol–water partition coefficient (Wildman–Crippen LogP) is -1.16. The fourth-order valence-corrected chi connectivity index (χ4v) is 1.93. The van der Waals surface area contributed by atoms with Gasteiger partial charge in [0.2, 0.25) is 17.8 Å².